The van der Waals surface area contributed by atoms with E-state index in [4.69, 9.17) is 15.5 Å². The topological polar surface area (TPSA) is 96.3 Å². The average molecular weight is 487 g/mol. The van der Waals surface area contributed by atoms with Crippen molar-refractivity contribution >= 4 is 23.8 Å². The molecular weight excluding hydrogens is 448 g/mol. The number of nitrogens with one attached hydrogen (secondary N) is 2. The third-order valence-electron chi connectivity index (χ3n) is 6.77. The van der Waals surface area contributed by atoms with Crippen LogP contribution in [0.2, 0.25) is 0 Å². The number of nitrogens with zero attached hydrogens (tertiary/aromatic N) is 1. The van der Waals surface area contributed by atoms with Crippen LogP contribution < -0.4 is 31.7 Å². The Morgan fingerprint density at radius 1 is 0.972 bits per heavy atom. The Labute approximate surface area is 212 Å². The fourth-order valence-electron chi connectivity index (χ4n) is 4.71. The maximum absolute atomic E-state index is 11.5. The highest BCUT2D eigenvalue weighted by atomic mass is 16.5. The predicted octanol–water partition coefficient (Wildman–Crippen LogP) is 3.57. The molecule has 0 saturated heterocycles. The number of aromatic amines is 2. The number of primary amides is 1. The van der Waals surface area contributed by atoms with Crippen molar-refractivity contribution in [2.24, 2.45) is 10.7 Å². The van der Waals surface area contributed by atoms with Crippen molar-refractivity contribution in [1.82, 2.24) is 9.97 Å². The Bertz CT molecular complexity index is 1430. The Hall–Kier alpha value is -3.54. The van der Waals surface area contributed by atoms with Crippen LogP contribution in [0.3, 0.4) is 0 Å². The quantitative estimate of drug-likeness (QED) is 0.322. The first-order valence-corrected chi connectivity index (χ1v) is 13.2. The second-order valence-electron chi connectivity index (χ2n) is 9.61. The van der Waals surface area contributed by atoms with E-state index in [0.717, 1.165) is 44.8 Å². The molecule has 0 aliphatic carbocycles. The lowest BCUT2D eigenvalue weighted by atomic mass is 10.1. The molecule has 190 valence electrons. The van der Waals surface area contributed by atoms with Crippen molar-refractivity contribution in [3.05, 3.63) is 74.6 Å². The number of ether oxygens (including phenoxy) is 1. The largest absolute Gasteiger partial charge is 0.494 e. The van der Waals surface area contributed by atoms with Crippen molar-refractivity contribution in [2.45, 2.75) is 71.1 Å². The third-order valence-corrected chi connectivity index (χ3v) is 6.77. The van der Waals surface area contributed by atoms with Crippen molar-refractivity contribution < 1.29 is 9.53 Å². The Balaban J connectivity index is 1.41. The number of benzene rings is 1. The Morgan fingerprint density at radius 2 is 1.72 bits per heavy atom. The van der Waals surface area contributed by atoms with Crippen molar-refractivity contribution in [2.75, 3.05) is 7.11 Å². The molecule has 1 aromatic carbocycles. The molecule has 0 saturated carbocycles. The van der Waals surface area contributed by atoms with Crippen molar-refractivity contribution in [3.63, 3.8) is 0 Å². The average Bonchev–Trinajstić information content (AvgIpc) is 3.60. The van der Waals surface area contributed by atoms with Crippen LogP contribution in [0.15, 0.2) is 41.4 Å². The molecule has 1 aliphatic heterocycles. The summed E-state index contributed by atoms with van der Waals surface area (Å²) in [5, 5.41) is 3.44. The maximum atomic E-state index is 11.5. The molecule has 1 aliphatic rings. The highest BCUT2D eigenvalue weighted by Crippen LogP contribution is 2.13. The van der Waals surface area contributed by atoms with Gasteiger partial charge in [0.15, 0.2) is 0 Å². The van der Waals surface area contributed by atoms with E-state index < -0.39 is 5.91 Å². The van der Waals surface area contributed by atoms with Crippen LogP contribution in [-0.4, -0.2) is 23.0 Å². The van der Waals surface area contributed by atoms with Crippen LogP contribution >= 0.6 is 0 Å². The predicted molar refractivity (Wildman–Crippen MR) is 145 cm³/mol. The van der Waals surface area contributed by atoms with E-state index in [9.17, 15) is 4.79 Å². The van der Waals surface area contributed by atoms with Gasteiger partial charge in [-0.15, -0.1) is 0 Å². The minimum absolute atomic E-state index is 0.443. The van der Waals surface area contributed by atoms with Gasteiger partial charge in [-0.05, 0) is 55.3 Å². The molecule has 1 amide bonds. The zero-order chi connectivity index (χ0) is 25.3. The van der Waals surface area contributed by atoms with E-state index in [1.807, 2.05) is 18.2 Å². The maximum Gasteiger partial charge on any atom is 0.248 e. The Kier molecular flexibility index (Phi) is 8.82. The number of carbonyl (C=O) groups excluding carboxylic acids is 1. The van der Waals surface area contributed by atoms with Gasteiger partial charge in [0, 0.05) is 28.2 Å². The summed E-state index contributed by atoms with van der Waals surface area (Å²) in [5.41, 5.74) is 8.99. The van der Waals surface area contributed by atoms with E-state index in [1.165, 1.54) is 63.5 Å². The summed E-state index contributed by atoms with van der Waals surface area (Å²) in [6.07, 6.45) is 17.2. The minimum atomic E-state index is -0.443. The number of methoxy groups -OCH3 is 1. The van der Waals surface area contributed by atoms with E-state index in [-0.39, 0.29) is 0 Å². The molecule has 6 nitrogen and oxygen atoms in total. The monoisotopic (exact) mass is 486 g/mol. The molecule has 0 unspecified atom stereocenters. The molecule has 4 rings (SSSR count). The SMILES string of the molecule is CCCCCCCCCCCc1ccc(C=c2[nH]c(=C3C=c4cc(C(N)=O)ccc4=N3)cc2OC)[nH]1. The van der Waals surface area contributed by atoms with Crippen LogP contribution in [0, 0.1) is 0 Å². The normalized spacial score (nSPS) is 14.4. The number of aromatic nitrogens is 2. The molecule has 4 N–H and O–H groups in total. The van der Waals surface area contributed by atoms with Crippen LogP contribution in [0.4, 0.5) is 0 Å². The van der Waals surface area contributed by atoms with E-state index in [1.54, 1.807) is 19.2 Å². The molecule has 2 aromatic heterocycles. The lowest BCUT2D eigenvalue weighted by Crippen LogP contribution is -2.24. The highest BCUT2D eigenvalue weighted by Gasteiger charge is 2.08. The lowest BCUT2D eigenvalue weighted by molar-refractivity contribution is 0.1000. The van der Waals surface area contributed by atoms with Crippen LogP contribution in [0.1, 0.15) is 86.5 Å². The molecular formula is C30H38N4O2. The molecule has 3 aromatic rings. The van der Waals surface area contributed by atoms with Gasteiger partial charge in [-0.25, -0.2) is 4.99 Å². The van der Waals surface area contributed by atoms with Gasteiger partial charge in [-0.2, -0.15) is 0 Å². The van der Waals surface area contributed by atoms with Crippen LogP contribution in [0.25, 0.3) is 17.8 Å². The molecule has 0 radical (unpaired) electrons. The van der Waals surface area contributed by atoms with Gasteiger partial charge in [-0.3, -0.25) is 4.79 Å². The number of rotatable bonds is 13. The first-order valence-electron chi connectivity index (χ1n) is 13.2. The molecule has 0 fully saturated rings. The summed E-state index contributed by atoms with van der Waals surface area (Å²) >= 11 is 0. The number of hydrogen-bond donors (Lipinski definition) is 3. The number of nitrogens with two attached hydrogens (primary N) is 1. The second-order valence-corrected chi connectivity index (χ2v) is 9.61. The number of aryl methyl sites for hydroxylation is 1. The van der Waals surface area contributed by atoms with Crippen LogP contribution in [-0.2, 0) is 6.42 Å². The molecule has 0 spiro atoms. The molecule has 0 bridgehead atoms. The number of hydrogen-bond acceptors (Lipinski definition) is 3. The number of unbranched alkanes of at least 4 members (excludes halogenated alkanes) is 8. The number of carbonyl (C=O) groups is 1. The van der Waals surface area contributed by atoms with Crippen LogP contribution in [0.5, 0.6) is 5.75 Å². The number of H-pyrrole nitrogens is 2. The highest BCUT2D eigenvalue weighted by molar-refractivity contribution is 5.93. The fourth-order valence-corrected chi connectivity index (χ4v) is 4.71. The van der Waals surface area contributed by atoms with E-state index >= 15 is 0 Å². The zero-order valence-electron chi connectivity index (χ0n) is 21.5. The molecule has 0 atom stereocenters. The van der Waals surface area contributed by atoms with Gasteiger partial charge in [-0.1, -0.05) is 58.3 Å². The molecule has 6 heteroatoms. The number of amides is 1. The zero-order valence-corrected chi connectivity index (χ0v) is 21.5. The smallest absolute Gasteiger partial charge is 0.248 e. The lowest BCUT2D eigenvalue weighted by Gasteiger charge is -2.01. The van der Waals surface area contributed by atoms with Gasteiger partial charge < -0.3 is 20.4 Å². The van der Waals surface area contributed by atoms with Gasteiger partial charge in [0.05, 0.1) is 28.9 Å². The number of fused-ring (bicyclic) bond motifs is 1. The first-order chi connectivity index (χ1) is 17.6. The van der Waals surface area contributed by atoms with Gasteiger partial charge in [0.2, 0.25) is 5.91 Å². The summed E-state index contributed by atoms with van der Waals surface area (Å²) in [7, 11) is 1.67. The minimum Gasteiger partial charge on any atom is -0.494 e. The summed E-state index contributed by atoms with van der Waals surface area (Å²) in [5.74, 6) is 0.311. The standard InChI is InChI=1S/C30H38N4O2/c1-3-4-5-6-7-8-9-10-11-12-23-14-15-24(32-23)19-28-29(36-2)20-27(34-28)26-18-22-17-21(30(31)35)13-16-25(22)33-26/h13-20,32,34H,3-12H2,1-2H3,(H2,31,35). The summed E-state index contributed by atoms with van der Waals surface area (Å²) in [6.45, 7) is 2.27. The van der Waals surface area contributed by atoms with E-state index in [2.05, 4.69) is 35.1 Å². The third kappa shape index (κ3) is 6.56. The van der Waals surface area contributed by atoms with Gasteiger partial charge in [0.1, 0.15) is 5.75 Å². The van der Waals surface area contributed by atoms with Gasteiger partial charge >= 0.3 is 0 Å². The van der Waals surface area contributed by atoms with Gasteiger partial charge in [0.25, 0.3) is 0 Å². The Morgan fingerprint density at radius 3 is 2.44 bits per heavy atom. The molecule has 3 heterocycles. The summed E-state index contributed by atoms with van der Waals surface area (Å²) in [6, 6.07) is 11.5. The molecule has 36 heavy (non-hydrogen) atoms. The van der Waals surface area contributed by atoms with Crippen molar-refractivity contribution in [3.8, 4) is 5.75 Å². The summed E-state index contributed by atoms with van der Waals surface area (Å²) < 4.78 is 5.62. The first kappa shape index (κ1) is 25.5. The fraction of sp³-hybridized carbons (Fsp3) is 0.400. The summed E-state index contributed by atoms with van der Waals surface area (Å²) in [4.78, 5) is 23.2. The van der Waals surface area contributed by atoms with E-state index in [0.29, 0.717) is 5.56 Å². The second kappa shape index (κ2) is 12.4. The van der Waals surface area contributed by atoms with Crippen molar-refractivity contribution in [1.29, 1.82) is 0 Å².